The molecule has 3 aromatic carbocycles. The summed E-state index contributed by atoms with van der Waals surface area (Å²) in [5.74, 6) is 0.765. The molecule has 1 N–H and O–H groups in total. The summed E-state index contributed by atoms with van der Waals surface area (Å²) in [7, 11) is 1.59. The van der Waals surface area contributed by atoms with Gasteiger partial charge in [0.15, 0.2) is 0 Å². The first-order valence-electron chi connectivity index (χ1n) is 14.3. The van der Waals surface area contributed by atoms with Crippen LogP contribution in [0.5, 0.6) is 11.5 Å². The van der Waals surface area contributed by atoms with Gasteiger partial charge in [-0.3, -0.25) is 19.3 Å². The van der Waals surface area contributed by atoms with Gasteiger partial charge in [0.25, 0.3) is 0 Å². The highest BCUT2D eigenvalue weighted by Crippen LogP contribution is 2.68. The fourth-order valence-electron chi connectivity index (χ4n) is 7.94. The maximum Gasteiger partial charge on any atom is 0.305 e. The van der Waals surface area contributed by atoms with Gasteiger partial charge >= 0.3 is 4.87 Å². The Morgan fingerprint density at radius 1 is 0.930 bits per heavy atom. The number of fused-ring (bicyclic) bond motifs is 9. The maximum absolute atomic E-state index is 14.0. The normalized spacial score (nSPS) is 28.5. The summed E-state index contributed by atoms with van der Waals surface area (Å²) in [6, 6.07) is 22.8. The number of halogens is 1. The Kier molecular flexibility index (Phi) is 6.47. The average molecular weight is 631 g/mol. The van der Waals surface area contributed by atoms with Crippen molar-refractivity contribution in [2.45, 2.75) is 29.2 Å². The van der Waals surface area contributed by atoms with Crippen molar-refractivity contribution in [3.05, 3.63) is 103 Å². The molecular formula is C33H27ClN2O5S2. The van der Waals surface area contributed by atoms with Crippen LogP contribution in [0.1, 0.15) is 28.3 Å². The first-order valence-corrected chi connectivity index (χ1v) is 16.4. The predicted octanol–water partition coefficient (Wildman–Crippen LogP) is 6.36. The lowest BCUT2D eigenvalue weighted by Crippen LogP contribution is -2.42. The molecule has 1 aromatic heterocycles. The summed E-state index contributed by atoms with van der Waals surface area (Å²) in [5, 5.41) is 1.71. The van der Waals surface area contributed by atoms with Crippen LogP contribution in [0.4, 0.5) is 5.69 Å². The number of benzene rings is 3. The Morgan fingerprint density at radius 3 is 2.37 bits per heavy atom. The van der Waals surface area contributed by atoms with Gasteiger partial charge < -0.3 is 14.5 Å². The number of hydrogen-bond donors (Lipinski definition) is 1. The van der Waals surface area contributed by atoms with Crippen molar-refractivity contribution >= 4 is 52.2 Å². The van der Waals surface area contributed by atoms with Crippen molar-refractivity contribution in [3.63, 3.8) is 0 Å². The quantitative estimate of drug-likeness (QED) is 0.250. The number of nitrogens with zero attached hydrogens (tertiary/aromatic N) is 1. The summed E-state index contributed by atoms with van der Waals surface area (Å²) in [6.07, 6.45) is 0.849. The van der Waals surface area contributed by atoms with E-state index in [1.165, 1.54) is 16.2 Å². The fraction of sp³-hybridized carbons (Fsp3) is 0.303. The van der Waals surface area contributed by atoms with Gasteiger partial charge in [-0.25, -0.2) is 0 Å². The maximum atomic E-state index is 14.0. The number of H-pyrrole nitrogens is 1. The molecule has 8 rings (SSSR count). The first-order chi connectivity index (χ1) is 20.9. The number of aromatic nitrogens is 1. The molecule has 7 nitrogen and oxygen atoms in total. The fourth-order valence-corrected chi connectivity index (χ4v) is 11.0. The molecule has 3 fully saturated rings. The van der Waals surface area contributed by atoms with Crippen LogP contribution >= 0.6 is 34.7 Å². The zero-order valence-electron chi connectivity index (χ0n) is 23.1. The number of thioether (sulfide) groups is 1. The largest absolute Gasteiger partial charge is 0.497 e. The second-order valence-corrected chi connectivity index (χ2v) is 14.3. The number of imide groups is 1. The van der Waals surface area contributed by atoms with E-state index in [4.69, 9.17) is 21.1 Å². The molecule has 2 aliphatic carbocycles. The number of anilines is 1. The van der Waals surface area contributed by atoms with Crippen LogP contribution in [0, 0.1) is 29.6 Å². The summed E-state index contributed by atoms with van der Waals surface area (Å²) in [5.41, 5.74) is 2.67. The number of ether oxygens (including phenoxy) is 2. The van der Waals surface area contributed by atoms with E-state index in [-0.39, 0.29) is 57.4 Å². The van der Waals surface area contributed by atoms with Crippen LogP contribution in [-0.2, 0) is 16.2 Å². The number of thiazole rings is 1. The number of carbonyl (C=O) groups excluding carboxylic acids is 2. The van der Waals surface area contributed by atoms with Gasteiger partial charge in [-0.1, -0.05) is 47.2 Å². The van der Waals surface area contributed by atoms with Gasteiger partial charge in [-0.05, 0) is 83.8 Å². The molecule has 2 amide bonds. The Bertz CT molecular complexity index is 1800. The zero-order valence-corrected chi connectivity index (χ0v) is 25.5. The minimum absolute atomic E-state index is 0.0407. The minimum atomic E-state index is -0.346. The van der Waals surface area contributed by atoms with E-state index in [2.05, 4.69) is 17.1 Å². The van der Waals surface area contributed by atoms with Gasteiger partial charge in [0.1, 0.15) is 18.1 Å². The van der Waals surface area contributed by atoms with E-state index in [9.17, 15) is 14.4 Å². The van der Waals surface area contributed by atoms with Crippen molar-refractivity contribution < 1.29 is 19.1 Å². The molecule has 0 radical (unpaired) electrons. The van der Waals surface area contributed by atoms with E-state index >= 15 is 0 Å². The lowest BCUT2D eigenvalue weighted by molar-refractivity contribution is -0.123. The van der Waals surface area contributed by atoms with Crippen molar-refractivity contribution in [1.82, 2.24) is 4.98 Å². The van der Waals surface area contributed by atoms with Gasteiger partial charge in [0.2, 0.25) is 11.8 Å². The highest BCUT2D eigenvalue weighted by atomic mass is 35.5. The standard InChI is InChI=1S/C33H27ClN2O5S2/c1-40-20-11-7-19(8-12-20)36-31(37)26-22-14-23(27(26)32(36)38)28-25(22)24(29-30(42-28)35-33(39)43-29)17-5-9-21(10-6-17)41-15-16-3-2-4-18(34)13-16/h2-13,22-28H,14-15H2,1H3,(H,35,39)/t22?,23?,24-,25?,26?,27?,28?/m1/s1. The molecule has 2 aliphatic heterocycles. The Hall–Kier alpha value is -3.53. The van der Waals surface area contributed by atoms with Crippen LogP contribution in [0.3, 0.4) is 0 Å². The Morgan fingerprint density at radius 2 is 1.65 bits per heavy atom. The number of rotatable bonds is 6. The number of amides is 2. The second kappa shape index (κ2) is 10.3. The van der Waals surface area contributed by atoms with E-state index in [0.29, 0.717) is 23.1 Å². The summed E-state index contributed by atoms with van der Waals surface area (Å²) < 4.78 is 11.3. The predicted molar refractivity (Wildman–Crippen MR) is 166 cm³/mol. The highest BCUT2D eigenvalue weighted by Gasteiger charge is 2.69. The van der Waals surface area contributed by atoms with Crippen LogP contribution in [0.2, 0.25) is 5.02 Å². The van der Waals surface area contributed by atoms with Crippen LogP contribution in [0.25, 0.3) is 0 Å². The van der Waals surface area contributed by atoms with E-state index in [0.717, 1.165) is 33.2 Å². The third-order valence-electron chi connectivity index (χ3n) is 9.59. The average Bonchev–Trinajstić information content (AvgIpc) is 3.75. The molecule has 4 aliphatic rings. The molecule has 2 saturated carbocycles. The molecule has 2 bridgehead atoms. The van der Waals surface area contributed by atoms with Crippen molar-refractivity contribution in [2.24, 2.45) is 29.6 Å². The number of nitrogens with one attached hydrogen (secondary N) is 1. The molecule has 6 unspecified atom stereocenters. The van der Waals surface area contributed by atoms with Crippen LogP contribution in [0.15, 0.2) is 82.6 Å². The Labute approximate surface area is 261 Å². The number of aromatic amines is 1. The molecule has 3 heterocycles. The lowest BCUT2D eigenvalue weighted by Gasteiger charge is -2.43. The molecule has 10 heteroatoms. The summed E-state index contributed by atoms with van der Waals surface area (Å²) in [6.45, 7) is 0.405. The van der Waals surface area contributed by atoms with Crippen molar-refractivity contribution in [1.29, 1.82) is 0 Å². The number of hydrogen-bond acceptors (Lipinski definition) is 7. The topological polar surface area (TPSA) is 88.7 Å². The van der Waals surface area contributed by atoms with Crippen molar-refractivity contribution in [2.75, 3.05) is 12.0 Å². The van der Waals surface area contributed by atoms with Gasteiger partial charge in [-0.2, -0.15) is 0 Å². The third kappa shape index (κ3) is 4.27. The van der Waals surface area contributed by atoms with Crippen LogP contribution < -0.4 is 19.2 Å². The van der Waals surface area contributed by atoms with Crippen LogP contribution in [-0.4, -0.2) is 29.2 Å². The minimum Gasteiger partial charge on any atom is -0.497 e. The molecule has 218 valence electrons. The SMILES string of the molecule is COc1ccc(N2C(=O)C3C4CC(C3C2=O)C2C4Sc3[nH]c(=O)sc3[C@@H]2c2ccc(OCc3cccc(Cl)c3)cc2)cc1. The number of carbonyl (C=O) groups is 2. The monoisotopic (exact) mass is 630 g/mol. The zero-order chi connectivity index (χ0) is 29.4. The molecule has 0 spiro atoms. The second-order valence-electron chi connectivity index (χ2n) is 11.7. The highest BCUT2D eigenvalue weighted by molar-refractivity contribution is 8.00. The first kappa shape index (κ1) is 27.0. The van der Waals surface area contributed by atoms with E-state index < -0.39 is 0 Å². The molecule has 7 atom stereocenters. The third-order valence-corrected chi connectivity index (χ3v) is 12.4. The summed E-state index contributed by atoms with van der Waals surface area (Å²) in [4.78, 5) is 45.8. The van der Waals surface area contributed by atoms with E-state index in [1.54, 1.807) is 43.1 Å². The van der Waals surface area contributed by atoms with Gasteiger partial charge in [0, 0.05) is 21.1 Å². The number of methoxy groups -OCH3 is 1. The molecular weight excluding hydrogens is 604 g/mol. The molecule has 43 heavy (non-hydrogen) atoms. The Balaban J connectivity index is 1.11. The molecule has 1 saturated heterocycles. The van der Waals surface area contributed by atoms with Gasteiger partial charge in [-0.15, -0.1) is 11.8 Å². The summed E-state index contributed by atoms with van der Waals surface area (Å²) >= 11 is 9.08. The van der Waals surface area contributed by atoms with Gasteiger partial charge in [0.05, 0.1) is 29.7 Å². The van der Waals surface area contributed by atoms with Crippen molar-refractivity contribution in [3.8, 4) is 11.5 Å². The smallest absolute Gasteiger partial charge is 0.305 e. The van der Waals surface area contributed by atoms with E-state index in [1.807, 2.05) is 36.4 Å². The lowest BCUT2D eigenvalue weighted by atomic mass is 9.68. The molecule has 4 aromatic rings.